The highest BCUT2D eigenvalue weighted by Gasteiger charge is 2.37. The van der Waals surface area contributed by atoms with Gasteiger partial charge in [0.15, 0.2) is 5.78 Å². The van der Waals surface area contributed by atoms with Crippen molar-refractivity contribution in [3.63, 3.8) is 0 Å². The van der Waals surface area contributed by atoms with Gasteiger partial charge in [-0.25, -0.2) is 17.9 Å². The summed E-state index contributed by atoms with van der Waals surface area (Å²) in [6.45, 7) is 0. The molecule has 4 rings (SSSR count). The summed E-state index contributed by atoms with van der Waals surface area (Å²) >= 11 is 5.94. The van der Waals surface area contributed by atoms with Crippen LogP contribution in [-0.4, -0.2) is 27.0 Å². The first-order chi connectivity index (χ1) is 13.5. The second-order valence-electron chi connectivity index (χ2n) is 6.07. The topological polar surface area (TPSA) is 59.8 Å². The van der Waals surface area contributed by atoms with Gasteiger partial charge in [0.2, 0.25) is 5.95 Å². The molecule has 5 nitrogen and oxygen atoms in total. The Kier molecular flexibility index (Phi) is 4.64. The zero-order chi connectivity index (χ0) is 19.8. The number of aromatic nitrogens is 3. The van der Waals surface area contributed by atoms with Gasteiger partial charge < -0.3 is 5.32 Å². The van der Waals surface area contributed by atoms with Crippen LogP contribution in [0.3, 0.4) is 0 Å². The van der Waals surface area contributed by atoms with E-state index in [0.29, 0.717) is 10.6 Å². The van der Waals surface area contributed by atoms with Crippen molar-refractivity contribution in [2.75, 3.05) is 5.32 Å². The molecular formula is C19H12ClF3N4O. The minimum atomic E-state index is -2.96. The number of ketones is 1. The molecule has 0 fully saturated rings. The number of carbonyl (C=O) groups excluding carboxylic acids is 1. The Morgan fingerprint density at radius 3 is 2.43 bits per heavy atom. The molecule has 0 unspecified atom stereocenters. The lowest BCUT2D eigenvalue weighted by molar-refractivity contribution is 0.101. The Balaban J connectivity index is 1.92. The molecule has 28 heavy (non-hydrogen) atoms. The lowest BCUT2D eigenvalue weighted by Crippen LogP contribution is -2.32. The van der Waals surface area contributed by atoms with Crippen molar-refractivity contribution in [3.05, 3.63) is 88.1 Å². The maximum absolute atomic E-state index is 13.9. The van der Waals surface area contributed by atoms with Crippen LogP contribution >= 0.6 is 11.6 Å². The van der Waals surface area contributed by atoms with E-state index in [2.05, 4.69) is 15.4 Å². The molecule has 1 aliphatic heterocycles. The number of nitrogens with one attached hydrogen (secondary N) is 1. The fourth-order valence-corrected chi connectivity index (χ4v) is 3.24. The Morgan fingerprint density at radius 1 is 1.11 bits per heavy atom. The first-order valence-corrected chi connectivity index (χ1v) is 8.58. The number of nitrogens with zero attached hydrogens (tertiary/aromatic N) is 3. The van der Waals surface area contributed by atoms with E-state index in [0.717, 1.165) is 12.1 Å². The smallest absolute Gasteiger partial charge is 0.278 e. The van der Waals surface area contributed by atoms with E-state index in [4.69, 9.17) is 11.6 Å². The number of halogens is 4. The van der Waals surface area contributed by atoms with Crippen molar-refractivity contribution in [1.82, 2.24) is 14.8 Å². The van der Waals surface area contributed by atoms with Gasteiger partial charge in [0, 0.05) is 10.6 Å². The number of fused-ring (bicyclic) bond motifs is 1. The van der Waals surface area contributed by atoms with Gasteiger partial charge in [-0.1, -0.05) is 23.7 Å². The summed E-state index contributed by atoms with van der Waals surface area (Å²) in [6, 6.07) is 10.2. The Morgan fingerprint density at radius 2 is 1.79 bits per heavy atom. The van der Waals surface area contributed by atoms with Gasteiger partial charge in [0.05, 0.1) is 11.3 Å². The van der Waals surface area contributed by atoms with Gasteiger partial charge in [-0.15, -0.1) is 0 Å². The van der Waals surface area contributed by atoms with E-state index >= 15 is 0 Å². The number of anilines is 1. The molecule has 9 heteroatoms. The third kappa shape index (κ3) is 3.16. The quantitative estimate of drug-likeness (QED) is 0.651. The van der Waals surface area contributed by atoms with Gasteiger partial charge in [-0.2, -0.15) is 10.1 Å². The maximum atomic E-state index is 13.9. The fourth-order valence-electron chi connectivity index (χ4n) is 3.11. The highest BCUT2D eigenvalue weighted by atomic mass is 35.5. The van der Waals surface area contributed by atoms with E-state index in [-0.39, 0.29) is 17.1 Å². The molecular weight excluding hydrogens is 393 g/mol. The minimum Gasteiger partial charge on any atom is -0.323 e. The van der Waals surface area contributed by atoms with E-state index < -0.39 is 29.8 Å². The number of hydrogen-bond donors (Lipinski definition) is 1. The van der Waals surface area contributed by atoms with Crippen molar-refractivity contribution in [1.29, 1.82) is 0 Å². The zero-order valence-electron chi connectivity index (χ0n) is 14.1. The van der Waals surface area contributed by atoms with Crippen LogP contribution in [0.2, 0.25) is 5.02 Å². The molecule has 1 atom stereocenters. The van der Waals surface area contributed by atoms with Gasteiger partial charge in [0.25, 0.3) is 6.43 Å². The molecule has 142 valence electrons. The lowest BCUT2D eigenvalue weighted by Gasteiger charge is -2.29. The lowest BCUT2D eigenvalue weighted by atomic mass is 9.89. The molecule has 0 saturated heterocycles. The number of benzene rings is 2. The molecule has 0 saturated carbocycles. The van der Waals surface area contributed by atoms with E-state index in [9.17, 15) is 18.0 Å². The molecule has 0 radical (unpaired) electrons. The summed E-state index contributed by atoms with van der Waals surface area (Å²) < 4.78 is 42.3. The van der Waals surface area contributed by atoms with Gasteiger partial charge in [-0.05, 0) is 42.0 Å². The van der Waals surface area contributed by atoms with Crippen LogP contribution < -0.4 is 5.32 Å². The third-order valence-corrected chi connectivity index (χ3v) is 4.63. The van der Waals surface area contributed by atoms with Crippen LogP contribution in [0, 0.1) is 5.82 Å². The number of carbonyl (C=O) groups is 1. The second-order valence-corrected chi connectivity index (χ2v) is 6.51. The SMILES string of the molecule is O=C(C1=C(C(F)F)Nc2ncnn2[C@H]1c1ccc(Cl)cc1)c1ccc(F)cc1. The normalized spacial score (nSPS) is 16.1. The molecule has 2 aromatic carbocycles. The molecule has 1 N–H and O–H groups in total. The molecule has 1 aromatic heterocycles. The Bertz CT molecular complexity index is 1060. The average molecular weight is 405 g/mol. The molecule has 0 bridgehead atoms. The number of alkyl halides is 2. The predicted molar refractivity (Wildman–Crippen MR) is 97.0 cm³/mol. The maximum Gasteiger partial charge on any atom is 0.278 e. The van der Waals surface area contributed by atoms with Crippen LogP contribution in [0.25, 0.3) is 0 Å². The highest BCUT2D eigenvalue weighted by Crippen LogP contribution is 2.38. The monoisotopic (exact) mass is 404 g/mol. The largest absolute Gasteiger partial charge is 0.323 e. The van der Waals surface area contributed by atoms with E-state index in [1.807, 2.05) is 0 Å². The van der Waals surface area contributed by atoms with E-state index in [1.54, 1.807) is 24.3 Å². The van der Waals surface area contributed by atoms with Crippen molar-refractivity contribution in [2.45, 2.75) is 12.5 Å². The van der Waals surface area contributed by atoms with Crippen LogP contribution in [0.15, 0.2) is 66.1 Å². The molecule has 1 aliphatic rings. The van der Waals surface area contributed by atoms with Crippen LogP contribution in [0.5, 0.6) is 0 Å². The highest BCUT2D eigenvalue weighted by molar-refractivity contribution is 6.30. The molecule has 0 aliphatic carbocycles. The van der Waals surface area contributed by atoms with Crippen molar-refractivity contribution in [3.8, 4) is 0 Å². The standard InChI is InChI=1S/C19H12ClF3N4O/c20-12-5-1-10(2-6-12)16-14(17(28)11-3-7-13(21)8-4-11)15(18(22)23)26-19-24-9-25-27(16)19/h1-9,16,18H,(H,24,25,26)/t16-/m0/s1. The summed E-state index contributed by atoms with van der Waals surface area (Å²) in [7, 11) is 0. The summed E-state index contributed by atoms with van der Waals surface area (Å²) in [5.74, 6) is -1.11. The summed E-state index contributed by atoms with van der Waals surface area (Å²) in [6.07, 6.45) is -1.75. The van der Waals surface area contributed by atoms with E-state index in [1.165, 1.54) is 23.1 Å². The summed E-state index contributed by atoms with van der Waals surface area (Å²) in [4.78, 5) is 17.1. The second kappa shape index (κ2) is 7.12. The van der Waals surface area contributed by atoms with Crippen LogP contribution in [-0.2, 0) is 0 Å². The summed E-state index contributed by atoms with van der Waals surface area (Å²) in [5.41, 5.74) is -0.142. The average Bonchev–Trinajstić information content (AvgIpc) is 3.15. The Labute approximate surface area is 162 Å². The fraction of sp³-hybridized carbons (Fsp3) is 0.105. The molecule has 2 heterocycles. The molecule has 0 spiro atoms. The minimum absolute atomic E-state index is 0.0823. The first-order valence-electron chi connectivity index (χ1n) is 8.20. The van der Waals surface area contributed by atoms with Crippen LogP contribution in [0.1, 0.15) is 22.0 Å². The number of rotatable bonds is 4. The number of hydrogen-bond acceptors (Lipinski definition) is 4. The predicted octanol–water partition coefficient (Wildman–Crippen LogP) is 4.49. The number of Topliss-reactive ketones (excluding diaryl/α,β-unsaturated/α-hetero) is 1. The van der Waals surface area contributed by atoms with Crippen molar-refractivity contribution in [2.24, 2.45) is 0 Å². The third-order valence-electron chi connectivity index (χ3n) is 4.38. The molecule has 3 aromatic rings. The zero-order valence-corrected chi connectivity index (χ0v) is 14.9. The molecule has 0 amide bonds. The van der Waals surface area contributed by atoms with Crippen molar-refractivity contribution >= 4 is 23.3 Å². The number of allylic oxidation sites excluding steroid dienone is 2. The van der Waals surface area contributed by atoms with Gasteiger partial charge in [0.1, 0.15) is 18.2 Å². The van der Waals surface area contributed by atoms with Gasteiger partial charge >= 0.3 is 0 Å². The Hall–Kier alpha value is -3.13. The van der Waals surface area contributed by atoms with Crippen LogP contribution in [0.4, 0.5) is 19.1 Å². The summed E-state index contributed by atoms with van der Waals surface area (Å²) in [5, 5.41) is 7.05. The van der Waals surface area contributed by atoms with Gasteiger partial charge in [-0.3, -0.25) is 4.79 Å². The first kappa shape index (κ1) is 18.2. The van der Waals surface area contributed by atoms with Crippen molar-refractivity contribution < 1.29 is 18.0 Å².